The molecule has 0 bridgehead atoms. The molecule has 0 radical (unpaired) electrons. The Hall–Kier alpha value is -6.06. The van der Waals surface area contributed by atoms with Crippen molar-refractivity contribution in [2.75, 3.05) is 0 Å². The van der Waals surface area contributed by atoms with Crippen LogP contribution in [0.15, 0.2) is 158 Å². The van der Waals surface area contributed by atoms with E-state index in [1.807, 2.05) is 0 Å². The zero-order valence-corrected chi connectivity index (χ0v) is 25.1. The van der Waals surface area contributed by atoms with E-state index in [4.69, 9.17) is 0 Å². The smallest absolute Gasteiger partial charge is 0.0558 e. The van der Waals surface area contributed by atoms with Crippen molar-refractivity contribution in [2.45, 2.75) is 6.42 Å². The number of fused-ring (bicyclic) bond motifs is 9. The number of nitrogens with zero attached hydrogens (tertiary/aromatic N) is 3. The predicted octanol–water partition coefficient (Wildman–Crippen LogP) is 11.0. The molecule has 3 nitrogen and oxygen atoms in total. The minimum absolute atomic E-state index is 0.916. The Labute approximate surface area is 266 Å². The normalized spacial score (nSPS) is 13.0. The molecule has 0 spiro atoms. The minimum atomic E-state index is 0.916. The van der Waals surface area contributed by atoms with E-state index in [1.165, 1.54) is 77.1 Å². The molecule has 46 heavy (non-hydrogen) atoms. The summed E-state index contributed by atoms with van der Waals surface area (Å²) in [6, 6.07) is 50.9. The van der Waals surface area contributed by atoms with Crippen LogP contribution < -0.4 is 0 Å². The van der Waals surface area contributed by atoms with Crippen LogP contribution in [0, 0.1) is 0 Å². The summed E-state index contributed by atoms with van der Waals surface area (Å²) < 4.78 is 7.26. The molecule has 216 valence electrons. The highest BCUT2D eigenvalue weighted by molar-refractivity contribution is 6.12. The molecule has 1 aliphatic rings. The van der Waals surface area contributed by atoms with Gasteiger partial charge >= 0.3 is 0 Å². The minimum Gasteiger partial charge on any atom is -0.309 e. The number of aromatic nitrogens is 3. The first-order chi connectivity index (χ1) is 22.8. The number of hydrogen-bond donors (Lipinski definition) is 0. The number of benzene rings is 6. The van der Waals surface area contributed by atoms with Crippen molar-refractivity contribution in [1.82, 2.24) is 13.7 Å². The lowest BCUT2D eigenvalue weighted by atomic mass is 10.1. The summed E-state index contributed by atoms with van der Waals surface area (Å²) in [4.78, 5) is 0. The lowest BCUT2D eigenvalue weighted by Crippen LogP contribution is -1.99. The zero-order chi connectivity index (χ0) is 30.2. The van der Waals surface area contributed by atoms with E-state index in [9.17, 15) is 0 Å². The first-order valence-corrected chi connectivity index (χ1v) is 15.9. The maximum absolute atomic E-state index is 2.43. The molecule has 3 heterocycles. The summed E-state index contributed by atoms with van der Waals surface area (Å²) in [7, 11) is 0. The molecule has 0 saturated carbocycles. The van der Waals surface area contributed by atoms with Crippen LogP contribution in [-0.4, -0.2) is 13.7 Å². The fourth-order valence-electron chi connectivity index (χ4n) is 7.74. The van der Waals surface area contributed by atoms with Gasteiger partial charge in [0.2, 0.25) is 0 Å². The van der Waals surface area contributed by atoms with E-state index < -0.39 is 0 Å². The van der Waals surface area contributed by atoms with Gasteiger partial charge in [0.05, 0.1) is 33.3 Å². The van der Waals surface area contributed by atoms with Crippen LogP contribution in [-0.2, 0) is 6.42 Å². The van der Waals surface area contributed by atoms with Crippen molar-refractivity contribution in [2.24, 2.45) is 0 Å². The van der Waals surface area contributed by atoms with Crippen molar-refractivity contribution in [3.05, 3.63) is 169 Å². The molecule has 0 fully saturated rings. The van der Waals surface area contributed by atoms with Gasteiger partial charge in [0.15, 0.2) is 0 Å². The Bertz CT molecular complexity index is 2660. The topological polar surface area (TPSA) is 14.8 Å². The first kappa shape index (κ1) is 25.3. The third-order valence-electron chi connectivity index (χ3n) is 9.69. The molecule has 0 amide bonds. The number of allylic oxidation sites excluding steroid dienone is 3. The molecule has 9 aromatic rings. The van der Waals surface area contributed by atoms with Gasteiger partial charge in [0.25, 0.3) is 0 Å². The van der Waals surface area contributed by atoms with Crippen molar-refractivity contribution < 1.29 is 0 Å². The van der Waals surface area contributed by atoms with E-state index in [2.05, 4.69) is 178 Å². The van der Waals surface area contributed by atoms with E-state index >= 15 is 0 Å². The van der Waals surface area contributed by atoms with Gasteiger partial charge in [-0.1, -0.05) is 97.1 Å². The highest BCUT2D eigenvalue weighted by atomic mass is 15.0. The fraction of sp³-hybridized carbons (Fsp3) is 0.0233. The summed E-state index contributed by atoms with van der Waals surface area (Å²) in [5.74, 6) is 0. The third-order valence-corrected chi connectivity index (χ3v) is 9.69. The van der Waals surface area contributed by atoms with Crippen molar-refractivity contribution in [1.29, 1.82) is 0 Å². The lowest BCUT2D eigenvalue weighted by Gasteiger charge is -2.12. The van der Waals surface area contributed by atoms with E-state index in [1.54, 1.807) is 0 Å². The molecular formula is C43H29N3. The Kier molecular flexibility index (Phi) is 5.34. The van der Waals surface area contributed by atoms with Crippen LogP contribution in [0.5, 0.6) is 0 Å². The van der Waals surface area contributed by atoms with Crippen LogP contribution in [0.2, 0.25) is 0 Å². The molecule has 0 atom stereocenters. The number of rotatable bonds is 3. The SMILES string of the molecule is C1=CCc2c(n(-c3ccccc3)c3cc(-n4c5ccccc5c5cc(-n6c7ccccc7c7ccccc76)ccc54)ccc23)C=C1. The van der Waals surface area contributed by atoms with E-state index in [0.29, 0.717) is 0 Å². The molecule has 1 aliphatic carbocycles. The van der Waals surface area contributed by atoms with Crippen LogP contribution in [0.3, 0.4) is 0 Å². The van der Waals surface area contributed by atoms with E-state index in [-0.39, 0.29) is 0 Å². The third kappa shape index (κ3) is 3.54. The summed E-state index contributed by atoms with van der Waals surface area (Å²) >= 11 is 0. The van der Waals surface area contributed by atoms with Gasteiger partial charge in [0, 0.05) is 44.0 Å². The van der Waals surface area contributed by atoms with Crippen molar-refractivity contribution in [3.63, 3.8) is 0 Å². The average molecular weight is 588 g/mol. The molecule has 6 aromatic carbocycles. The van der Waals surface area contributed by atoms with Gasteiger partial charge < -0.3 is 13.7 Å². The second-order valence-electron chi connectivity index (χ2n) is 12.2. The van der Waals surface area contributed by atoms with Crippen molar-refractivity contribution in [3.8, 4) is 17.1 Å². The van der Waals surface area contributed by atoms with Crippen LogP contribution in [0.4, 0.5) is 0 Å². The van der Waals surface area contributed by atoms with Gasteiger partial charge in [-0.15, -0.1) is 0 Å². The maximum Gasteiger partial charge on any atom is 0.0558 e. The average Bonchev–Trinajstić information content (AvgIpc) is 3.65. The van der Waals surface area contributed by atoms with Crippen LogP contribution in [0.1, 0.15) is 11.3 Å². The predicted molar refractivity (Wildman–Crippen MR) is 194 cm³/mol. The maximum atomic E-state index is 2.43. The van der Waals surface area contributed by atoms with Gasteiger partial charge in [0.1, 0.15) is 0 Å². The molecule has 0 aliphatic heterocycles. The van der Waals surface area contributed by atoms with Crippen LogP contribution >= 0.6 is 0 Å². The van der Waals surface area contributed by atoms with Gasteiger partial charge in [-0.25, -0.2) is 0 Å². The second kappa shape index (κ2) is 9.72. The molecule has 3 heteroatoms. The summed E-state index contributed by atoms with van der Waals surface area (Å²) in [5, 5.41) is 6.35. The summed E-state index contributed by atoms with van der Waals surface area (Å²) in [6.45, 7) is 0. The Morgan fingerprint density at radius 2 is 0.935 bits per heavy atom. The highest BCUT2D eigenvalue weighted by Crippen LogP contribution is 2.39. The van der Waals surface area contributed by atoms with Crippen molar-refractivity contribution >= 4 is 60.6 Å². The first-order valence-electron chi connectivity index (χ1n) is 15.9. The molecule has 3 aromatic heterocycles. The molecular weight excluding hydrogens is 558 g/mol. The van der Waals surface area contributed by atoms with Gasteiger partial charge in [-0.05, 0) is 78.7 Å². The zero-order valence-electron chi connectivity index (χ0n) is 25.1. The molecule has 10 rings (SSSR count). The standard InChI is InChI=1S/C43H29N3/c1-3-13-29(14-4-1)44-38-19-6-2-5-15-34(38)36-25-23-31(28-43(36)44)46-41-22-12-9-18-35(41)37-27-30(24-26-42(37)46)45-39-20-10-7-16-32(39)33-17-8-11-21-40(33)45/h1-14,16-28H,15H2. The summed E-state index contributed by atoms with van der Waals surface area (Å²) in [5.41, 5.74) is 12.2. The molecule has 0 saturated heterocycles. The van der Waals surface area contributed by atoms with E-state index in [0.717, 1.165) is 12.1 Å². The Balaban J connectivity index is 1.24. The van der Waals surface area contributed by atoms with Crippen LogP contribution in [0.25, 0.3) is 77.7 Å². The fourth-order valence-corrected chi connectivity index (χ4v) is 7.74. The Morgan fingerprint density at radius 1 is 0.370 bits per heavy atom. The van der Waals surface area contributed by atoms with Gasteiger partial charge in [-0.3, -0.25) is 0 Å². The summed E-state index contributed by atoms with van der Waals surface area (Å²) in [6.07, 6.45) is 9.74. The molecule has 0 unspecified atom stereocenters. The second-order valence-corrected chi connectivity index (χ2v) is 12.2. The van der Waals surface area contributed by atoms with Gasteiger partial charge in [-0.2, -0.15) is 0 Å². The number of hydrogen-bond acceptors (Lipinski definition) is 0. The monoisotopic (exact) mass is 587 g/mol. The largest absolute Gasteiger partial charge is 0.309 e. The highest BCUT2D eigenvalue weighted by Gasteiger charge is 2.20. The molecule has 0 N–H and O–H groups in total. The Morgan fingerprint density at radius 3 is 1.63 bits per heavy atom. The quantitative estimate of drug-likeness (QED) is 0.195. The lowest BCUT2D eigenvalue weighted by molar-refractivity contribution is 1.08. The number of para-hydroxylation sites is 4.